The van der Waals surface area contributed by atoms with Gasteiger partial charge in [-0.05, 0) is 255 Å². The maximum Gasteiger partial charge on any atom is 0.534 e. The summed E-state index contributed by atoms with van der Waals surface area (Å²) in [5.74, 6) is -3.33. The molecule has 4 saturated heterocycles. The third kappa shape index (κ3) is 26.9. The number of unbranched alkanes of at least 4 members (excludes halogenated alkanes) is 4. The van der Waals surface area contributed by atoms with Crippen LogP contribution in [0.2, 0.25) is 0 Å². The van der Waals surface area contributed by atoms with E-state index in [1.165, 1.54) is 41.5 Å². The molecule has 26 nitrogen and oxygen atoms in total. The van der Waals surface area contributed by atoms with E-state index in [9.17, 15) is 62.4 Å². The lowest BCUT2D eigenvalue weighted by Gasteiger charge is -2.40. The number of alkyl halides is 6. The Hall–Kier alpha value is -4.30. The molecule has 0 amide bonds. The lowest BCUT2D eigenvalue weighted by atomic mass is 9.49. The highest BCUT2D eigenvalue weighted by Crippen LogP contribution is 2.48. The topological polar surface area (TPSA) is 303 Å². The Kier molecular flexibility index (Phi) is 33.2. The molecular weight excluding hydrogens is 1570 g/mol. The first kappa shape index (κ1) is 104. The third-order valence-electron chi connectivity index (χ3n) is 21.7. The van der Waals surface area contributed by atoms with E-state index in [4.69, 9.17) is 75.1 Å². The maximum atomic E-state index is 12.6. The van der Waals surface area contributed by atoms with Gasteiger partial charge in [-0.1, -0.05) is 59.5 Å². The molecule has 0 aromatic rings. The van der Waals surface area contributed by atoms with Crippen molar-refractivity contribution in [2.75, 3.05) is 26.4 Å². The van der Waals surface area contributed by atoms with E-state index in [0.717, 1.165) is 61.6 Å². The summed E-state index contributed by atoms with van der Waals surface area (Å²) in [5.41, 5.74) is -21.4. The highest BCUT2D eigenvalue weighted by atomic mass is 32.2. The average Bonchev–Trinajstić information content (AvgIpc) is 1.61. The van der Waals surface area contributed by atoms with Crippen LogP contribution < -0.4 is 0 Å². The summed E-state index contributed by atoms with van der Waals surface area (Å²) in [6.07, 6.45) is 12.6. The van der Waals surface area contributed by atoms with Crippen molar-refractivity contribution in [3.8, 4) is 0 Å². The predicted octanol–water partition coefficient (Wildman–Crippen LogP) is 16.0. The van der Waals surface area contributed by atoms with Crippen molar-refractivity contribution in [3.05, 3.63) is 46.8 Å². The molecule has 0 spiro atoms. The number of carbonyl (C=O) groups excluding carboxylic acids is 4. The van der Waals surface area contributed by atoms with E-state index >= 15 is 0 Å². The minimum atomic E-state index is -5.82. The second kappa shape index (κ2) is 37.0. The number of carbonyl (C=O) groups is 4. The van der Waals surface area contributed by atoms with Crippen molar-refractivity contribution in [1.29, 1.82) is 0 Å². The van der Waals surface area contributed by atoms with Crippen LogP contribution in [0.4, 0.5) is 26.3 Å². The zero-order chi connectivity index (χ0) is 89.8. The average molecular weight is 1710 g/mol. The van der Waals surface area contributed by atoms with Crippen LogP contribution in [-0.4, -0.2) is 196 Å². The highest BCUT2D eigenvalue weighted by Gasteiger charge is 2.65. The Morgan fingerprint density at radius 2 is 0.603 bits per heavy atom. The Labute approximate surface area is 687 Å². The first-order valence-corrected chi connectivity index (χ1v) is 42.6. The zero-order valence-electron chi connectivity index (χ0n) is 74.6. The molecule has 8 aliphatic heterocycles. The van der Waals surface area contributed by atoms with Crippen LogP contribution >= 0.6 is 0 Å². The van der Waals surface area contributed by atoms with Gasteiger partial charge in [0.05, 0.1) is 93.6 Å². The molecule has 0 aromatic heterocycles. The number of halogens is 6. The van der Waals surface area contributed by atoms with Crippen LogP contribution in [0, 0.1) is 0 Å². The van der Waals surface area contributed by atoms with Crippen LogP contribution in [0.5, 0.6) is 0 Å². The van der Waals surface area contributed by atoms with E-state index in [2.05, 4.69) is 22.2 Å². The SMILES string of the molecule is CC1(C)OB(B2OC(C)(C)C(C)(C)O2)OC1(C)C.CCCCOC(=O)C1(C)C=C(B2OC(C)(C)C(C)(C)O2)CC(C)(C)O1.CCCCOC(=O)C1(C)C=C(OS(=O)(=O)C(F)(F)F)CC(C)(C)O1.CCCCOC(=O)C1(C)CC(B2OC(C)(C)C(C)(C)O2)=CC(C)(C)O1.CCCCOC(=O)C1(C)CC(OS(=O)(=O)C(F)(F)F)=CC(C)(C)O1. The molecule has 0 radical (unpaired) electrons. The summed E-state index contributed by atoms with van der Waals surface area (Å²) in [5, 5.41) is 0. The second-order valence-electron chi connectivity index (χ2n) is 37.5. The molecule has 8 aliphatic rings. The Morgan fingerprint density at radius 1 is 0.345 bits per heavy atom. The minimum absolute atomic E-state index is 0.125. The number of ether oxygens (including phenoxy) is 8. The van der Waals surface area contributed by atoms with Crippen LogP contribution in [0.3, 0.4) is 0 Å². The monoisotopic (exact) mass is 1710 g/mol. The van der Waals surface area contributed by atoms with Gasteiger partial charge < -0.3 is 83.5 Å². The van der Waals surface area contributed by atoms with E-state index < -0.39 is 157 Å². The van der Waals surface area contributed by atoms with Gasteiger partial charge in [0.2, 0.25) is 0 Å². The summed E-state index contributed by atoms with van der Waals surface area (Å²) < 4.78 is 221. The molecule has 0 bridgehead atoms. The van der Waals surface area contributed by atoms with Crippen LogP contribution in [0.15, 0.2) is 46.8 Å². The van der Waals surface area contributed by atoms with Gasteiger partial charge in [-0.2, -0.15) is 43.2 Å². The Balaban J connectivity index is 0.000000306. The quantitative estimate of drug-likeness (QED) is 0.0174. The minimum Gasteiger partial charge on any atom is -0.464 e. The van der Waals surface area contributed by atoms with Gasteiger partial charge in [-0.3, -0.25) is 0 Å². The van der Waals surface area contributed by atoms with Gasteiger partial charge in [-0.25, -0.2) is 19.2 Å². The Morgan fingerprint density at radius 3 is 0.914 bits per heavy atom. The van der Waals surface area contributed by atoms with Gasteiger partial charge in [0.1, 0.15) is 11.5 Å². The van der Waals surface area contributed by atoms with E-state index in [1.807, 2.05) is 164 Å². The largest absolute Gasteiger partial charge is 0.534 e. The van der Waals surface area contributed by atoms with E-state index in [-0.39, 0.29) is 54.0 Å². The fraction of sp³-hybridized carbons (Fsp3) is 0.846. The lowest BCUT2D eigenvalue weighted by molar-refractivity contribution is -0.187. The summed E-state index contributed by atoms with van der Waals surface area (Å²) in [6, 6.07) is 0. The first-order valence-electron chi connectivity index (χ1n) is 39.8. The molecule has 8 rings (SSSR count). The normalized spacial score (nSPS) is 27.9. The standard InChI is InChI=1S/2C19H33BO5.2C14H21F3O6S.C12H24B2O4/c2*1-9-10-11-22-15(21)19(8)13-14(12-16(2,3)23-19)20-24-17(4,5)18(6,7)25-20;2*1-5-6-7-21-11(18)13(4)9-10(8-12(2,3)23-13)22-24(19,20)14(15,16)17;1-9(2)10(3,4)16-13(15-9)14-17-11(5,6)12(7,8)18-14/h13H,9-12H2,1-8H3;12H,9-11,13H2,1-8H3;9H,5-8H2,1-4H3;8H,5-7,9H2,1-4H3;1-8H3. The number of rotatable bonds is 23. The van der Waals surface area contributed by atoms with E-state index in [0.29, 0.717) is 38.9 Å². The molecule has 8 heterocycles. The van der Waals surface area contributed by atoms with Crippen molar-refractivity contribution < 1.29 is 146 Å². The Bertz CT molecular complexity index is 3700. The number of hydrogen-bond acceptors (Lipinski definition) is 26. The highest BCUT2D eigenvalue weighted by molar-refractivity contribution is 7.88. The third-order valence-corrected chi connectivity index (χ3v) is 23.7. The van der Waals surface area contributed by atoms with Crippen molar-refractivity contribution in [1.82, 2.24) is 0 Å². The van der Waals surface area contributed by atoms with Crippen molar-refractivity contribution in [3.63, 3.8) is 0 Å². The van der Waals surface area contributed by atoms with Crippen LogP contribution in [0.25, 0.3) is 0 Å². The van der Waals surface area contributed by atoms with Crippen molar-refractivity contribution in [2.45, 2.75) is 399 Å². The molecule has 0 aliphatic carbocycles. The molecule has 4 fully saturated rings. The molecule has 666 valence electrons. The molecule has 4 atom stereocenters. The summed E-state index contributed by atoms with van der Waals surface area (Å²) >= 11 is 0. The van der Waals surface area contributed by atoms with Crippen molar-refractivity contribution in [2.24, 2.45) is 0 Å². The molecule has 0 aromatic carbocycles. The molecule has 38 heteroatoms. The van der Waals surface area contributed by atoms with Gasteiger partial charge in [0.15, 0.2) is 22.4 Å². The second-order valence-corrected chi connectivity index (χ2v) is 40.6. The van der Waals surface area contributed by atoms with Gasteiger partial charge >= 0.3 is 83.4 Å². The molecule has 0 N–H and O–H groups in total. The fourth-order valence-corrected chi connectivity index (χ4v) is 13.9. The maximum absolute atomic E-state index is 12.6. The summed E-state index contributed by atoms with van der Waals surface area (Å²) in [7, 11) is -13.5. The lowest BCUT2D eigenvalue weighted by Crippen LogP contribution is -2.50. The molecule has 0 saturated carbocycles. The first-order chi connectivity index (χ1) is 52.0. The van der Waals surface area contributed by atoms with Crippen LogP contribution in [0.1, 0.15) is 299 Å². The summed E-state index contributed by atoms with van der Waals surface area (Å²) in [4.78, 5) is 49.6. The zero-order valence-corrected chi connectivity index (χ0v) is 76.3. The molecule has 116 heavy (non-hydrogen) atoms. The number of esters is 4. The van der Waals surface area contributed by atoms with Gasteiger partial charge in [0.25, 0.3) is 0 Å². The van der Waals surface area contributed by atoms with Gasteiger partial charge in [-0.15, -0.1) is 0 Å². The fourth-order valence-electron chi connectivity index (χ4n) is 12.9. The van der Waals surface area contributed by atoms with Gasteiger partial charge in [0, 0.05) is 19.3 Å². The van der Waals surface area contributed by atoms with E-state index in [1.54, 1.807) is 13.8 Å². The van der Waals surface area contributed by atoms with Crippen molar-refractivity contribution >= 4 is 72.4 Å². The van der Waals surface area contributed by atoms with Crippen LogP contribution in [-0.2, 0) is 123 Å². The summed E-state index contributed by atoms with van der Waals surface area (Å²) in [6.45, 7) is 61.3. The predicted molar refractivity (Wildman–Crippen MR) is 425 cm³/mol. The molecular formula is C78H132B4F6O26S2. The number of hydrogen-bond donors (Lipinski definition) is 0. The smallest absolute Gasteiger partial charge is 0.464 e. The molecule has 4 unspecified atom stereocenters.